The van der Waals surface area contributed by atoms with Crippen LogP contribution in [0.4, 0.5) is 0 Å². The molecule has 0 heterocycles. The number of unbranched alkanes of at least 4 members (excludes halogenated alkanes) is 1. The van der Waals surface area contributed by atoms with Crippen LogP contribution in [0.5, 0.6) is 0 Å². The van der Waals surface area contributed by atoms with E-state index in [0.29, 0.717) is 6.61 Å². The molecule has 3 heteroatoms. The number of quaternary nitrogens is 1. The van der Waals surface area contributed by atoms with E-state index in [1.54, 1.807) is 6.08 Å². The SMILES string of the molecule is CC/C=C(\O)OCC[N+](CC)(CCC)CCCC. The number of hydrogen-bond acceptors (Lipinski definition) is 2. The van der Waals surface area contributed by atoms with Crippen molar-refractivity contribution in [3.05, 3.63) is 12.0 Å². The van der Waals surface area contributed by atoms with E-state index in [2.05, 4.69) is 20.8 Å². The van der Waals surface area contributed by atoms with Crippen LogP contribution >= 0.6 is 0 Å². The third-order valence-corrected chi connectivity index (χ3v) is 3.55. The van der Waals surface area contributed by atoms with Gasteiger partial charge in [0.2, 0.25) is 0 Å². The van der Waals surface area contributed by atoms with Crippen molar-refractivity contribution < 1.29 is 14.3 Å². The van der Waals surface area contributed by atoms with Gasteiger partial charge in [0.1, 0.15) is 13.2 Å². The molecule has 0 bridgehead atoms. The summed E-state index contributed by atoms with van der Waals surface area (Å²) in [6, 6.07) is 0. The smallest absolute Gasteiger partial charge is 0.272 e. The van der Waals surface area contributed by atoms with Gasteiger partial charge in [-0.1, -0.05) is 27.2 Å². The molecular formula is C15H32NO2+. The topological polar surface area (TPSA) is 29.5 Å². The molecule has 0 spiro atoms. The van der Waals surface area contributed by atoms with Gasteiger partial charge < -0.3 is 14.3 Å². The van der Waals surface area contributed by atoms with Crippen LogP contribution < -0.4 is 0 Å². The Morgan fingerprint density at radius 1 is 1.06 bits per heavy atom. The highest BCUT2D eigenvalue weighted by Gasteiger charge is 2.23. The summed E-state index contributed by atoms with van der Waals surface area (Å²) in [7, 11) is 0. The molecule has 1 unspecified atom stereocenters. The molecule has 0 aliphatic rings. The molecule has 0 aromatic carbocycles. The van der Waals surface area contributed by atoms with Gasteiger partial charge in [0.25, 0.3) is 5.95 Å². The normalized spacial score (nSPS) is 15.4. The molecule has 3 nitrogen and oxygen atoms in total. The number of aliphatic hydroxyl groups is 1. The minimum atomic E-state index is 0.0821. The maximum Gasteiger partial charge on any atom is 0.272 e. The molecular weight excluding hydrogens is 226 g/mol. The number of rotatable bonds is 11. The summed E-state index contributed by atoms with van der Waals surface area (Å²) >= 11 is 0. The first-order chi connectivity index (χ1) is 8.64. The number of nitrogens with zero attached hydrogens (tertiary/aromatic N) is 1. The number of allylic oxidation sites excluding steroid dienone is 1. The van der Waals surface area contributed by atoms with Gasteiger partial charge in [-0.25, -0.2) is 0 Å². The van der Waals surface area contributed by atoms with Crippen LogP contribution in [0.2, 0.25) is 0 Å². The van der Waals surface area contributed by atoms with Gasteiger partial charge in [0.15, 0.2) is 0 Å². The quantitative estimate of drug-likeness (QED) is 0.450. The molecule has 1 atom stereocenters. The van der Waals surface area contributed by atoms with Crippen LogP contribution in [-0.2, 0) is 4.74 Å². The Bertz CT molecular complexity index is 229. The van der Waals surface area contributed by atoms with Crippen molar-refractivity contribution in [2.75, 3.05) is 32.8 Å². The zero-order valence-electron chi connectivity index (χ0n) is 12.7. The third kappa shape index (κ3) is 6.90. The highest BCUT2D eigenvalue weighted by molar-refractivity contribution is 4.79. The van der Waals surface area contributed by atoms with Crippen molar-refractivity contribution in [3.8, 4) is 0 Å². The first-order valence-corrected chi connectivity index (χ1v) is 7.51. The lowest BCUT2D eigenvalue weighted by atomic mass is 10.2. The van der Waals surface area contributed by atoms with Crippen LogP contribution in [0.1, 0.15) is 53.4 Å². The highest BCUT2D eigenvalue weighted by atomic mass is 16.6. The molecule has 0 aromatic rings. The fourth-order valence-corrected chi connectivity index (χ4v) is 2.36. The zero-order valence-corrected chi connectivity index (χ0v) is 12.7. The van der Waals surface area contributed by atoms with Crippen molar-refractivity contribution in [1.82, 2.24) is 0 Å². The van der Waals surface area contributed by atoms with Crippen LogP contribution in [0.15, 0.2) is 12.0 Å². The number of ether oxygens (including phenoxy) is 1. The molecule has 0 aliphatic carbocycles. The van der Waals surface area contributed by atoms with Crippen molar-refractivity contribution in [2.24, 2.45) is 0 Å². The van der Waals surface area contributed by atoms with E-state index >= 15 is 0 Å². The summed E-state index contributed by atoms with van der Waals surface area (Å²) < 4.78 is 6.48. The van der Waals surface area contributed by atoms with Gasteiger partial charge in [0.05, 0.1) is 19.6 Å². The fourth-order valence-electron chi connectivity index (χ4n) is 2.36. The third-order valence-electron chi connectivity index (χ3n) is 3.55. The van der Waals surface area contributed by atoms with E-state index < -0.39 is 0 Å². The molecule has 108 valence electrons. The molecule has 0 radical (unpaired) electrons. The molecule has 0 rings (SSSR count). The summed E-state index contributed by atoms with van der Waals surface area (Å²) in [5.41, 5.74) is 0. The minimum absolute atomic E-state index is 0.0821. The molecule has 0 aromatic heterocycles. The van der Waals surface area contributed by atoms with E-state index in [9.17, 15) is 5.11 Å². The molecule has 1 N–H and O–H groups in total. The predicted octanol–water partition coefficient (Wildman–Crippen LogP) is 3.86. The van der Waals surface area contributed by atoms with Gasteiger partial charge in [0, 0.05) is 0 Å². The van der Waals surface area contributed by atoms with Crippen LogP contribution in [-0.4, -0.2) is 42.4 Å². The van der Waals surface area contributed by atoms with E-state index in [1.165, 1.54) is 32.4 Å². The van der Waals surface area contributed by atoms with Crippen LogP contribution in [0, 0.1) is 0 Å². The largest absolute Gasteiger partial charge is 0.481 e. The summed E-state index contributed by atoms with van der Waals surface area (Å²) in [5, 5.41) is 9.46. The average Bonchev–Trinajstić information content (AvgIpc) is 2.36. The Morgan fingerprint density at radius 3 is 2.28 bits per heavy atom. The van der Waals surface area contributed by atoms with Gasteiger partial charge >= 0.3 is 0 Å². The number of likely N-dealkylation sites (N-methyl/N-ethyl adjacent to an activating group) is 1. The lowest BCUT2D eigenvalue weighted by molar-refractivity contribution is -0.927. The van der Waals surface area contributed by atoms with Crippen molar-refractivity contribution in [1.29, 1.82) is 0 Å². The molecule has 18 heavy (non-hydrogen) atoms. The Labute approximate surface area is 113 Å². The maximum atomic E-state index is 9.46. The molecule has 0 amide bonds. The molecule has 0 saturated carbocycles. The molecule has 0 aliphatic heterocycles. The van der Waals surface area contributed by atoms with E-state index in [4.69, 9.17) is 4.74 Å². The fraction of sp³-hybridized carbons (Fsp3) is 0.867. The Hall–Kier alpha value is -0.700. The van der Waals surface area contributed by atoms with Crippen LogP contribution in [0.25, 0.3) is 0 Å². The van der Waals surface area contributed by atoms with Gasteiger partial charge in [-0.05, 0) is 32.3 Å². The summed E-state index contributed by atoms with van der Waals surface area (Å²) in [6.45, 7) is 13.9. The Balaban J connectivity index is 4.25. The van der Waals surface area contributed by atoms with Crippen LogP contribution in [0.3, 0.4) is 0 Å². The van der Waals surface area contributed by atoms with Crippen molar-refractivity contribution >= 4 is 0 Å². The second-order valence-electron chi connectivity index (χ2n) is 4.98. The van der Waals surface area contributed by atoms with E-state index in [1.807, 2.05) is 6.92 Å². The Morgan fingerprint density at radius 2 is 1.78 bits per heavy atom. The van der Waals surface area contributed by atoms with E-state index in [-0.39, 0.29) is 5.95 Å². The molecule has 0 fully saturated rings. The van der Waals surface area contributed by atoms with Gasteiger partial charge in [-0.3, -0.25) is 0 Å². The monoisotopic (exact) mass is 258 g/mol. The zero-order chi connectivity index (χ0) is 13.9. The maximum absolute atomic E-state index is 9.46. The highest BCUT2D eigenvalue weighted by Crippen LogP contribution is 2.11. The van der Waals surface area contributed by atoms with Crippen molar-refractivity contribution in [3.63, 3.8) is 0 Å². The Kier molecular flexibility index (Phi) is 9.85. The van der Waals surface area contributed by atoms with Gasteiger partial charge in [-0.2, -0.15) is 0 Å². The summed E-state index contributed by atoms with van der Waals surface area (Å²) in [5.74, 6) is 0.0821. The predicted molar refractivity (Wildman–Crippen MR) is 77.6 cm³/mol. The standard InChI is InChI=1S/C15H31NO2/c1-5-9-12-16(8-4,11-7-3)13-14-18-15(17)10-6-2/h10H,5-9,11-14H2,1-4H3/p+1/b15-10+. The second kappa shape index (κ2) is 10.2. The number of hydrogen-bond donors (Lipinski definition) is 1. The number of aliphatic hydroxyl groups excluding tert-OH is 1. The average molecular weight is 258 g/mol. The second-order valence-corrected chi connectivity index (χ2v) is 4.98. The van der Waals surface area contributed by atoms with Crippen molar-refractivity contribution in [2.45, 2.75) is 53.4 Å². The van der Waals surface area contributed by atoms with Gasteiger partial charge in [-0.15, -0.1) is 0 Å². The summed E-state index contributed by atoms with van der Waals surface area (Å²) in [6.07, 6.45) is 6.24. The summed E-state index contributed by atoms with van der Waals surface area (Å²) in [4.78, 5) is 0. The minimum Gasteiger partial charge on any atom is -0.481 e. The first kappa shape index (κ1) is 17.3. The lowest BCUT2D eigenvalue weighted by Crippen LogP contribution is -2.51. The lowest BCUT2D eigenvalue weighted by Gasteiger charge is -2.37. The van der Waals surface area contributed by atoms with E-state index in [0.717, 1.165) is 24.0 Å². The molecule has 0 saturated heterocycles. The first-order valence-electron chi connectivity index (χ1n) is 7.51.